The van der Waals surface area contributed by atoms with Gasteiger partial charge in [-0.15, -0.1) is 11.3 Å². The molecule has 4 rings (SSSR count). The van der Waals surface area contributed by atoms with Crippen LogP contribution in [0.25, 0.3) is 16.8 Å². The van der Waals surface area contributed by atoms with Gasteiger partial charge in [-0.2, -0.15) is 5.10 Å². The molecule has 0 unspecified atom stereocenters. The van der Waals surface area contributed by atoms with E-state index in [9.17, 15) is 4.79 Å². The first-order valence-electron chi connectivity index (χ1n) is 7.66. The third kappa shape index (κ3) is 2.91. The summed E-state index contributed by atoms with van der Waals surface area (Å²) >= 11 is 1.49. The van der Waals surface area contributed by atoms with Crippen LogP contribution in [0, 0.1) is 13.8 Å². The predicted octanol–water partition coefficient (Wildman–Crippen LogP) is 2.69. The predicted molar refractivity (Wildman–Crippen MR) is 93.6 cm³/mol. The fourth-order valence-electron chi connectivity index (χ4n) is 2.67. The van der Waals surface area contributed by atoms with E-state index in [4.69, 9.17) is 0 Å². The fraction of sp³-hybridized carbons (Fsp3) is 0.176. The molecule has 0 amide bonds. The second kappa shape index (κ2) is 6.14. The maximum Gasteiger partial charge on any atom is 0.173 e. The van der Waals surface area contributed by atoms with Gasteiger partial charge in [-0.3, -0.25) is 4.79 Å². The summed E-state index contributed by atoms with van der Waals surface area (Å²) in [4.78, 5) is 29.8. The van der Waals surface area contributed by atoms with Crippen LogP contribution >= 0.6 is 11.3 Å². The normalized spacial score (nSPS) is 11.1. The zero-order valence-electron chi connectivity index (χ0n) is 13.7. The van der Waals surface area contributed by atoms with Crippen molar-refractivity contribution in [1.82, 2.24) is 29.5 Å². The van der Waals surface area contributed by atoms with Gasteiger partial charge in [-0.25, -0.2) is 24.5 Å². The summed E-state index contributed by atoms with van der Waals surface area (Å²) in [5, 5.41) is 6.93. The molecule has 25 heavy (non-hydrogen) atoms. The van der Waals surface area contributed by atoms with Gasteiger partial charge in [0.1, 0.15) is 17.7 Å². The number of fused-ring (bicyclic) bond motifs is 1. The number of rotatable bonds is 4. The van der Waals surface area contributed by atoms with Crippen LogP contribution in [0.2, 0.25) is 0 Å². The Hall–Kier alpha value is -3.00. The van der Waals surface area contributed by atoms with E-state index in [1.54, 1.807) is 10.7 Å². The number of pyridine rings is 1. The molecule has 0 aliphatic heterocycles. The van der Waals surface area contributed by atoms with Gasteiger partial charge < -0.3 is 0 Å². The van der Waals surface area contributed by atoms with Crippen LogP contribution in [0.15, 0.2) is 36.5 Å². The molecule has 0 fully saturated rings. The number of aryl methyl sites for hydroxylation is 2. The molecule has 8 heteroatoms. The molecule has 4 heterocycles. The molecule has 0 spiro atoms. The number of hydrogen-bond donors (Lipinski definition) is 0. The Morgan fingerprint density at radius 2 is 2.12 bits per heavy atom. The van der Waals surface area contributed by atoms with Gasteiger partial charge in [-0.05, 0) is 19.9 Å². The van der Waals surface area contributed by atoms with E-state index >= 15 is 0 Å². The van der Waals surface area contributed by atoms with E-state index in [0.29, 0.717) is 11.2 Å². The minimum Gasteiger partial charge on any atom is -0.294 e. The van der Waals surface area contributed by atoms with Crippen LogP contribution < -0.4 is 0 Å². The van der Waals surface area contributed by atoms with Gasteiger partial charge in [0.25, 0.3) is 0 Å². The molecule has 0 saturated heterocycles. The van der Waals surface area contributed by atoms with E-state index < -0.39 is 0 Å². The van der Waals surface area contributed by atoms with Crippen molar-refractivity contribution >= 4 is 22.8 Å². The zero-order chi connectivity index (χ0) is 17.4. The largest absolute Gasteiger partial charge is 0.294 e. The van der Waals surface area contributed by atoms with Crippen molar-refractivity contribution in [2.45, 2.75) is 20.3 Å². The van der Waals surface area contributed by atoms with Crippen molar-refractivity contribution in [3.8, 4) is 11.1 Å². The number of thiazole rings is 1. The Morgan fingerprint density at radius 1 is 1.24 bits per heavy atom. The highest BCUT2D eigenvalue weighted by atomic mass is 32.1. The number of ketones is 1. The van der Waals surface area contributed by atoms with Crippen molar-refractivity contribution in [1.29, 1.82) is 0 Å². The molecule has 0 aliphatic rings. The number of carbonyl (C=O) groups is 1. The number of aromatic nitrogens is 6. The van der Waals surface area contributed by atoms with E-state index in [-0.39, 0.29) is 12.2 Å². The highest BCUT2D eigenvalue weighted by Crippen LogP contribution is 2.24. The number of nitrogens with zero attached hydrogens (tertiary/aromatic N) is 6. The van der Waals surface area contributed by atoms with Crippen molar-refractivity contribution in [3.05, 3.63) is 58.5 Å². The minimum absolute atomic E-state index is 0.0382. The molecule has 124 valence electrons. The SMILES string of the molecule is Cc1csc(CC(=O)c2cc(-c3cncnc3C)cn3ncnc23)n1. The van der Waals surface area contributed by atoms with Crippen molar-refractivity contribution in [3.63, 3.8) is 0 Å². The summed E-state index contributed by atoms with van der Waals surface area (Å²) in [6, 6.07) is 1.83. The van der Waals surface area contributed by atoms with Gasteiger partial charge in [0.05, 0.1) is 12.0 Å². The molecule has 0 saturated carbocycles. The van der Waals surface area contributed by atoms with Crippen LogP contribution in [0.3, 0.4) is 0 Å². The lowest BCUT2D eigenvalue weighted by atomic mass is 10.0. The molecule has 0 aromatic carbocycles. The topological polar surface area (TPSA) is 85.9 Å². The quantitative estimate of drug-likeness (QED) is 0.526. The second-order valence-electron chi connectivity index (χ2n) is 5.68. The number of carbonyl (C=O) groups excluding carboxylic acids is 1. The highest BCUT2D eigenvalue weighted by molar-refractivity contribution is 7.09. The molecular weight excluding hydrogens is 336 g/mol. The molecule has 0 atom stereocenters. The highest BCUT2D eigenvalue weighted by Gasteiger charge is 2.17. The number of Topliss-reactive ketones (excluding diaryl/α,β-unsaturated/α-hetero) is 1. The monoisotopic (exact) mass is 350 g/mol. The first-order valence-corrected chi connectivity index (χ1v) is 8.54. The Bertz CT molecular complexity index is 1080. The Labute approximate surface area is 147 Å². The van der Waals surface area contributed by atoms with Crippen LogP contribution in [0.5, 0.6) is 0 Å². The number of hydrogen-bond acceptors (Lipinski definition) is 7. The standard InChI is InChI=1S/C17H14N6OS/c1-10-7-25-16(22-10)4-15(24)13-3-12(6-23-17(13)20-9-21-23)14-5-18-8-19-11(14)2/h3,5-9H,4H2,1-2H3. The van der Waals surface area contributed by atoms with Crippen LogP contribution in [-0.2, 0) is 6.42 Å². The van der Waals surface area contributed by atoms with Gasteiger partial charge in [0.2, 0.25) is 0 Å². The third-order valence-electron chi connectivity index (χ3n) is 3.88. The Balaban J connectivity index is 1.81. The average Bonchev–Trinajstić information content (AvgIpc) is 3.23. The second-order valence-corrected chi connectivity index (χ2v) is 6.62. The summed E-state index contributed by atoms with van der Waals surface area (Å²) in [5.41, 5.74) is 4.51. The molecule has 0 radical (unpaired) electrons. The van der Waals surface area contributed by atoms with E-state index in [1.807, 2.05) is 31.5 Å². The van der Waals surface area contributed by atoms with E-state index in [2.05, 4.69) is 25.0 Å². The Kier molecular flexibility index (Phi) is 3.81. The van der Waals surface area contributed by atoms with Gasteiger partial charge >= 0.3 is 0 Å². The van der Waals surface area contributed by atoms with Crippen molar-refractivity contribution in [2.75, 3.05) is 0 Å². The molecule has 7 nitrogen and oxygen atoms in total. The van der Waals surface area contributed by atoms with Crippen LogP contribution in [0.4, 0.5) is 0 Å². The average molecular weight is 350 g/mol. The van der Waals surface area contributed by atoms with E-state index in [1.165, 1.54) is 24.0 Å². The van der Waals surface area contributed by atoms with Gasteiger partial charge in [0.15, 0.2) is 11.4 Å². The summed E-state index contributed by atoms with van der Waals surface area (Å²) in [7, 11) is 0. The van der Waals surface area contributed by atoms with Crippen molar-refractivity contribution in [2.24, 2.45) is 0 Å². The summed E-state index contributed by atoms with van der Waals surface area (Å²) in [5.74, 6) is -0.0382. The van der Waals surface area contributed by atoms with E-state index in [0.717, 1.165) is 27.5 Å². The first-order chi connectivity index (χ1) is 12.1. The van der Waals surface area contributed by atoms with Gasteiger partial charge in [0, 0.05) is 40.3 Å². The van der Waals surface area contributed by atoms with Crippen molar-refractivity contribution < 1.29 is 4.79 Å². The summed E-state index contributed by atoms with van der Waals surface area (Å²) in [6.07, 6.45) is 6.76. The lowest BCUT2D eigenvalue weighted by Gasteiger charge is -2.08. The van der Waals surface area contributed by atoms with Crippen LogP contribution in [-0.4, -0.2) is 35.3 Å². The maximum atomic E-state index is 12.9. The third-order valence-corrected chi connectivity index (χ3v) is 4.84. The molecule has 0 bridgehead atoms. The summed E-state index contributed by atoms with van der Waals surface area (Å²) < 4.78 is 1.61. The minimum atomic E-state index is -0.0382. The summed E-state index contributed by atoms with van der Waals surface area (Å²) in [6.45, 7) is 3.82. The first kappa shape index (κ1) is 15.5. The van der Waals surface area contributed by atoms with Crippen LogP contribution in [0.1, 0.15) is 26.8 Å². The maximum absolute atomic E-state index is 12.9. The molecule has 0 aliphatic carbocycles. The molecular formula is C17H14N6OS. The lowest BCUT2D eigenvalue weighted by molar-refractivity contribution is 0.0994. The smallest absolute Gasteiger partial charge is 0.173 e. The van der Waals surface area contributed by atoms with Gasteiger partial charge in [-0.1, -0.05) is 0 Å². The zero-order valence-corrected chi connectivity index (χ0v) is 14.5. The molecule has 4 aromatic heterocycles. The molecule has 0 N–H and O–H groups in total. The molecule has 4 aromatic rings. The Morgan fingerprint density at radius 3 is 2.88 bits per heavy atom. The lowest BCUT2D eigenvalue weighted by Crippen LogP contribution is -2.07. The fourth-order valence-corrected chi connectivity index (χ4v) is 3.44.